The first-order valence-corrected chi connectivity index (χ1v) is 11.7. The molecule has 0 saturated carbocycles. The first kappa shape index (κ1) is 26.1. The molecule has 11 heteroatoms. The molecule has 1 amide bonds. The molecule has 1 aliphatic heterocycles. The summed E-state index contributed by atoms with van der Waals surface area (Å²) in [7, 11) is 0. The fourth-order valence-corrected chi connectivity index (χ4v) is 4.52. The number of aromatic nitrogens is 3. The molecule has 0 atom stereocenters. The van der Waals surface area contributed by atoms with Gasteiger partial charge in [0, 0.05) is 25.3 Å². The molecule has 2 N–H and O–H groups in total. The van der Waals surface area contributed by atoms with Gasteiger partial charge in [0.25, 0.3) is 0 Å². The Morgan fingerprint density at radius 1 is 1.14 bits per heavy atom. The van der Waals surface area contributed by atoms with Crippen molar-refractivity contribution in [3.05, 3.63) is 77.0 Å². The summed E-state index contributed by atoms with van der Waals surface area (Å²) in [5, 5.41) is 11.8. The van der Waals surface area contributed by atoms with E-state index in [0.717, 1.165) is 11.1 Å². The third kappa shape index (κ3) is 5.56. The van der Waals surface area contributed by atoms with Crippen molar-refractivity contribution in [2.45, 2.75) is 45.3 Å². The molecule has 4 rings (SSSR count). The number of carbonyl (C=O) groups is 2. The Balaban J connectivity index is 1.63. The van der Waals surface area contributed by atoms with Crippen molar-refractivity contribution in [1.82, 2.24) is 19.9 Å². The van der Waals surface area contributed by atoms with E-state index in [-0.39, 0.29) is 29.1 Å². The summed E-state index contributed by atoms with van der Waals surface area (Å²) >= 11 is 0. The van der Waals surface area contributed by atoms with Gasteiger partial charge in [-0.3, -0.25) is 14.7 Å². The van der Waals surface area contributed by atoms with Crippen LogP contribution in [-0.4, -0.2) is 56.5 Å². The summed E-state index contributed by atoms with van der Waals surface area (Å²) in [6, 6.07) is 10.8. The number of pyridine rings is 1. The van der Waals surface area contributed by atoms with E-state index in [2.05, 4.69) is 25.0 Å². The van der Waals surface area contributed by atoms with Crippen LogP contribution in [0, 0.1) is 6.92 Å². The van der Waals surface area contributed by atoms with E-state index in [1.165, 1.54) is 18.5 Å². The minimum absolute atomic E-state index is 0.0610. The van der Waals surface area contributed by atoms with E-state index >= 15 is 0 Å². The Labute approximate surface area is 212 Å². The van der Waals surface area contributed by atoms with Crippen molar-refractivity contribution in [3.8, 4) is 5.88 Å². The first-order valence-electron chi connectivity index (χ1n) is 11.7. The number of halogens is 2. The SMILES string of the molecule is Cc1ccc(NC(=O)C2(c3ccccc3C(C)C)CN(Cc3cnc(C(=O)O)cn3)C2)c(OC(F)F)n1. The van der Waals surface area contributed by atoms with Gasteiger partial charge < -0.3 is 15.2 Å². The lowest BCUT2D eigenvalue weighted by molar-refractivity contribution is -0.128. The van der Waals surface area contributed by atoms with Crippen LogP contribution in [0.2, 0.25) is 0 Å². The van der Waals surface area contributed by atoms with Gasteiger partial charge in [-0.25, -0.2) is 14.8 Å². The normalized spacial score (nSPS) is 14.9. The maximum atomic E-state index is 13.8. The minimum atomic E-state index is -3.09. The molecule has 3 heterocycles. The van der Waals surface area contributed by atoms with Crippen LogP contribution in [0.3, 0.4) is 0 Å². The van der Waals surface area contributed by atoms with E-state index in [1.54, 1.807) is 13.0 Å². The fourth-order valence-electron chi connectivity index (χ4n) is 4.52. The lowest BCUT2D eigenvalue weighted by Crippen LogP contribution is -2.64. The van der Waals surface area contributed by atoms with Crippen LogP contribution in [0.15, 0.2) is 48.8 Å². The predicted octanol–water partition coefficient (Wildman–Crippen LogP) is 4.00. The number of carboxylic acids is 1. The molecule has 0 aliphatic carbocycles. The smallest absolute Gasteiger partial charge is 0.388 e. The summed E-state index contributed by atoms with van der Waals surface area (Å²) in [5.41, 5.74) is 1.83. The molecule has 1 fully saturated rings. The number of amides is 1. The standard InChI is InChI=1S/C26H27F2N5O4/c1-15(2)18-6-4-5-7-19(18)26(13-33(14-26)12-17-10-30-21(11-29-17)23(34)35)24(36)32-20-9-8-16(3)31-22(20)37-25(27)28/h4-11,15,25H,12-14H2,1-3H3,(H,32,36)(H,34,35). The third-order valence-corrected chi connectivity index (χ3v) is 6.28. The molecule has 2 aromatic heterocycles. The third-order valence-electron chi connectivity index (χ3n) is 6.28. The zero-order valence-corrected chi connectivity index (χ0v) is 20.6. The van der Waals surface area contributed by atoms with Gasteiger partial charge in [0.15, 0.2) is 5.69 Å². The largest absolute Gasteiger partial charge is 0.476 e. The molecule has 0 spiro atoms. The summed E-state index contributed by atoms with van der Waals surface area (Å²) in [5.74, 6) is -1.73. The molecule has 0 bridgehead atoms. The number of ether oxygens (including phenoxy) is 1. The Morgan fingerprint density at radius 3 is 2.49 bits per heavy atom. The number of rotatable bonds is 9. The van der Waals surface area contributed by atoms with Gasteiger partial charge >= 0.3 is 12.6 Å². The topological polar surface area (TPSA) is 118 Å². The van der Waals surface area contributed by atoms with Crippen molar-refractivity contribution in [2.24, 2.45) is 0 Å². The van der Waals surface area contributed by atoms with Crippen LogP contribution in [0.5, 0.6) is 5.88 Å². The van der Waals surface area contributed by atoms with Gasteiger partial charge in [-0.15, -0.1) is 0 Å². The zero-order valence-electron chi connectivity index (χ0n) is 20.6. The number of benzene rings is 1. The fraction of sp³-hybridized carbons (Fsp3) is 0.346. The average molecular weight is 512 g/mol. The number of aryl methyl sites for hydroxylation is 1. The molecule has 3 aromatic rings. The average Bonchev–Trinajstić information content (AvgIpc) is 2.82. The minimum Gasteiger partial charge on any atom is -0.476 e. The number of anilines is 1. The molecule has 194 valence electrons. The van der Waals surface area contributed by atoms with Crippen molar-refractivity contribution in [2.75, 3.05) is 18.4 Å². The van der Waals surface area contributed by atoms with Crippen LogP contribution in [0.1, 0.15) is 52.8 Å². The highest BCUT2D eigenvalue weighted by atomic mass is 19.3. The van der Waals surface area contributed by atoms with Crippen LogP contribution in [0.25, 0.3) is 0 Å². The predicted molar refractivity (Wildman–Crippen MR) is 131 cm³/mol. The maximum Gasteiger partial charge on any atom is 0.388 e. The van der Waals surface area contributed by atoms with Crippen molar-refractivity contribution in [1.29, 1.82) is 0 Å². The highest BCUT2D eigenvalue weighted by molar-refractivity contribution is 6.01. The summed E-state index contributed by atoms with van der Waals surface area (Å²) in [4.78, 5) is 39.0. The molecular weight excluding hydrogens is 484 g/mol. The second kappa shape index (κ2) is 10.6. The monoisotopic (exact) mass is 511 g/mol. The summed E-state index contributed by atoms with van der Waals surface area (Å²) in [6.07, 6.45) is 2.60. The van der Waals surface area contributed by atoms with Gasteiger partial charge in [0.05, 0.1) is 23.5 Å². The second-order valence-corrected chi connectivity index (χ2v) is 9.31. The Hall–Kier alpha value is -3.99. The number of nitrogens with one attached hydrogen (secondary N) is 1. The van der Waals surface area contributed by atoms with E-state index in [1.807, 2.05) is 43.0 Å². The van der Waals surface area contributed by atoms with E-state index in [4.69, 9.17) is 5.11 Å². The van der Waals surface area contributed by atoms with Gasteiger partial charge in [0.2, 0.25) is 11.8 Å². The lowest BCUT2D eigenvalue weighted by atomic mass is 9.69. The molecule has 0 unspecified atom stereocenters. The number of carbonyl (C=O) groups excluding carboxylic acids is 1. The number of hydrogen-bond acceptors (Lipinski definition) is 7. The molecule has 37 heavy (non-hydrogen) atoms. The summed E-state index contributed by atoms with van der Waals surface area (Å²) < 4.78 is 30.5. The number of carboxylic acid groups (broad SMARTS) is 1. The van der Waals surface area contributed by atoms with Crippen LogP contribution >= 0.6 is 0 Å². The van der Waals surface area contributed by atoms with Crippen LogP contribution < -0.4 is 10.1 Å². The molecule has 0 radical (unpaired) electrons. The van der Waals surface area contributed by atoms with Crippen LogP contribution in [0.4, 0.5) is 14.5 Å². The molecule has 1 aliphatic rings. The first-order chi connectivity index (χ1) is 17.6. The number of alkyl halides is 2. The highest BCUT2D eigenvalue weighted by Crippen LogP contribution is 2.41. The number of likely N-dealkylation sites (tertiary alicyclic amines) is 1. The van der Waals surface area contributed by atoms with E-state index < -0.39 is 18.0 Å². The molecule has 1 saturated heterocycles. The number of nitrogens with zero attached hydrogens (tertiary/aromatic N) is 4. The van der Waals surface area contributed by atoms with Gasteiger partial charge in [0.1, 0.15) is 5.69 Å². The second-order valence-electron chi connectivity index (χ2n) is 9.31. The Kier molecular flexibility index (Phi) is 7.44. The number of hydrogen-bond donors (Lipinski definition) is 2. The number of aromatic carboxylic acids is 1. The molecule has 9 nitrogen and oxygen atoms in total. The quantitative estimate of drug-likeness (QED) is 0.443. The van der Waals surface area contributed by atoms with E-state index in [9.17, 15) is 18.4 Å². The Bertz CT molecular complexity index is 1290. The van der Waals surface area contributed by atoms with Gasteiger partial charge in [-0.1, -0.05) is 38.1 Å². The zero-order chi connectivity index (χ0) is 26.7. The summed E-state index contributed by atoms with van der Waals surface area (Å²) in [6.45, 7) is 3.65. The molecular formula is C26H27F2N5O4. The Morgan fingerprint density at radius 2 is 1.86 bits per heavy atom. The van der Waals surface area contributed by atoms with Gasteiger partial charge in [-0.05, 0) is 36.1 Å². The van der Waals surface area contributed by atoms with E-state index in [0.29, 0.717) is 31.0 Å². The van der Waals surface area contributed by atoms with Crippen molar-refractivity contribution in [3.63, 3.8) is 0 Å². The van der Waals surface area contributed by atoms with Crippen LogP contribution in [-0.2, 0) is 16.8 Å². The maximum absolute atomic E-state index is 13.8. The highest BCUT2D eigenvalue weighted by Gasteiger charge is 2.51. The van der Waals surface area contributed by atoms with Gasteiger partial charge in [-0.2, -0.15) is 8.78 Å². The molecule has 1 aromatic carbocycles. The van der Waals surface area contributed by atoms with Crippen molar-refractivity contribution >= 4 is 17.6 Å². The van der Waals surface area contributed by atoms with Crippen molar-refractivity contribution < 1.29 is 28.2 Å². The lowest BCUT2D eigenvalue weighted by Gasteiger charge is -2.50.